The number of carbonyl (C=O) groups excluding carboxylic acids is 2. The number of nitrogens with zero attached hydrogens (tertiary/aromatic N) is 1. The number of nitrogens with one attached hydrogen (secondary N) is 1. The maximum atomic E-state index is 12.4. The zero-order valence-electron chi connectivity index (χ0n) is 13.9. The number of fused-ring (bicyclic) bond motifs is 1. The van der Waals surface area contributed by atoms with Crippen LogP contribution in [0.25, 0.3) is 0 Å². The largest absolute Gasteiger partial charge is 0.481 e. The third-order valence-electron chi connectivity index (χ3n) is 3.77. The van der Waals surface area contributed by atoms with Gasteiger partial charge in [-0.1, -0.05) is 6.07 Å². The van der Waals surface area contributed by atoms with Crippen LogP contribution < -0.4 is 15.0 Å². The quantitative estimate of drug-likeness (QED) is 0.736. The lowest BCUT2D eigenvalue weighted by molar-refractivity contribution is -0.137. The van der Waals surface area contributed by atoms with Gasteiger partial charge < -0.3 is 20.1 Å². The van der Waals surface area contributed by atoms with E-state index in [0.717, 1.165) is 5.56 Å². The van der Waals surface area contributed by atoms with E-state index >= 15 is 0 Å². The second-order valence-electron chi connectivity index (χ2n) is 5.82. The number of anilines is 1. The molecule has 0 saturated carbocycles. The Balaban J connectivity index is 1.94. The predicted octanol–water partition coefficient (Wildman–Crippen LogP) is 1.48. The van der Waals surface area contributed by atoms with Gasteiger partial charge in [-0.15, -0.1) is 0 Å². The SMILES string of the molecule is Cc1ccc2c(c1)N(CCC(=O)NCCCC(=O)O)C(=O)C(C)O2. The zero-order chi connectivity index (χ0) is 17.7. The summed E-state index contributed by atoms with van der Waals surface area (Å²) in [5.74, 6) is -0.632. The molecule has 0 fully saturated rings. The molecule has 0 aliphatic carbocycles. The molecule has 7 heteroatoms. The summed E-state index contributed by atoms with van der Waals surface area (Å²) in [4.78, 5) is 36.2. The normalized spacial score (nSPS) is 16.3. The zero-order valence-corrected chi connectivity index (χ0v) is 13.9. The molecule has 2 rings (SSSR count). The first kappa shape index (κ1) is 17.8. The van der Waals surface area contributed by atoms with Crippen molar-refractivity contribution in [2.75, 3.05) is 18.0 Å². The van der Waals surface area contributed by atoms with Crippen molar-refractivity contribution >= 4 is 23.5 Å². The number of aryl methyl sites for hydroxylation is 1. The van der Waals surface area contributed by atoms with Gasteiger partial charge >= 0.3 is 5.97 Å². The molecule has 2 amide bonds. The summed E-state index contributed by atoms with van der Waals surface area (Å²) >= 11 is 0. The van der Waals surface area contributed by atoms with Crippen molar-refractivity contribution in [3.8, 4) is 5.75 Å². The third-order valence-corrected chi connectivity index (χ3v) is 3.77. The van der Waals surface area contributed by atoms with Crippen LogP contribution in [0.1, 0.15) is 31.7 Å². The molecular formula is C17H22N2O5. The Hall–Kier alpha value is -2.57. The fourth-order valence-electron chi connectivity index (χ4n) is 2.52. The van der Waals surface area contributed by atoms with E-state index < -0.39 is 12.1 Å². The Bertz CT molecular complexity index is 644. The van der Waals surface area contributed by atoms with Gasteiger partial charge in [-0.2, -0.15) is 0 Å². The molecule has 0 radical (unpaired) electrons. The van der Waals surface area contributed by atoms with Crippen LogP contribution >= 0.6 is 0 Å². The molecule has 1 aromatic carbocycles. The van der Waals surface area contributed by atoms with Crippen LogP contribution in [-0.4, -0.2) is 42.1 Å². The summed E-state index contributed by atoms with van der Waals surface area (Å²) in [5, 5.41) is 11.2. The van der Waals surface area contributed by atoms with Crippen LogP contribution in [-0.2, 0) is 14.4 Å². The number of amides is 2. The molecule has 1 aromatic rings. The Kier molecular flexibility index (Phi) is 5.78. The average Bonchev–Trinajstić information content (AvgIpc) is 2.52. The second kappa shape index (κ2) is 7.81. The molecule has 0 bridgehead atoms. The number of benzene rings is 1. The van der Waals surface area contributed by atoms with E-state index in [1.807, 2.05) is 25.1 Å². The smallest absolute Gasteiger partial charge is 0.303 e. The molecule has 0 aromatic heterocycles. The fourth-order valence-corrected chi connectivity index (χ4v) is 2.52. The van der Waals surface area contributed by atoms with Gasteiger partial charge in [0, 0.05) is 25.9 Å². The molecule has 7 nitrogen and oxygen atoms in total. The summed E-state index contributed by atoms with van der Waals surface area (Å²) in [6, 6.07) is 5.60. The van der Waals surface area contributed by atoms with Gasteiger partial charge in [-0.25, -0.2) is 0 Å². The molecule has 2 N–H and O–H groups in total. The lowest BCUT2D eigenvalue weighted by Gasteiger charge is -2.33. The highest BCUT2D eigenvalue weighted by Gasteiger charge is 2.31. The van der Waals surface area contributed by atoms with Crippen LogP contribution in [0, 0.1) is 6.92 Å². The Morgan fingerprint density at radius 1 is 1.33 bits per heavy atom. The molecule has 0 saturated heterocycles. The first-order valence-corrected chi connectivity index (χ1v) is 7.95. The first-order valence-electron chi connectivity index (χ1n) is 7.95. The van der Waals surface area contributed by atoms with Crippen molar-refractivity contribution in [1.82, 2.24) is 5.32 Å². The van der Waals surface area contributed by atoms with Gasteiger partial charge in [0.2, 0.25) is 5.91 Å². The molecule has 1 unspecified atom stereocenters. The number of carboxylic acid groups (broad SMARTS) is 1. The number of rotatable bonds is 7. The minimum Gasteiger partial charge on any atom is -0.481 e. The Morgan fingerprint density at radius 3 is 2.79 bits per heavy atom. The van der Waals surface area contributed by atoms with E-state index in [2.05, 4.69) is 5.32 Å². The average molecular weight is 334 g/mol. The second-order valence-corrected chi connectivity index (χ2v) is 5.82. The van der Waals surface area contributed by atoms with Crippen LogP contribution in [0.4, 0.5) is 5.69 Å². The maximum Gasteiger partial charge on any atom is 0.303 e. The number of hydrogen-bond donors (Lipinski definition) is 2. The van der Waals surface area contributed by atoms with Crippen molar-refractivity contribution in [2.45, 2.75) is 39.2 Å². The molecule has 24 heavy (non-hydrogen) atoms. The lowest BCUT2D eigenvalue weighted by Crippen LogP contribution is -2.45. The summed E-state index contributed by atoms with van der Waals surface area (Å²) in [6.07, 6.45) is -0.0269. The standard InChI is InChI=1S/C17H22N2O5/c1-11-5-6-14-13(10-11)19(17(23)12(2)24-14)9-7-15(20)18-8-3-4-16(21)22/h5-6,10,12H,3-4,7-9H2,1-2H3,(H,18,20)(H,21,22). The molecule has 1 aliphatic heterocycles. The number of ether oxygens (including phenoxy) is 1. The number of carboxylic acids is 1. The van der Waals surface area contributed by atoms with Gasteiger partial charge in [-0.05, 0) is 38.0 Å². The fraction of sp³-hybridized carbons (Fsp3) is 0.471. The van der Waals surface area contributed by atoms with Gasteiger partial charge in [0.05, 0.1) is 5.69 Å². The van der Waals surface area contributed by atoms with Crippen molar-refractivity contribution in [3.05, 3.63) is 23.8 Å². The van der Waals surface area contributed by atoms with Gasteiger partial charge in [0.1, 0.15) is 5.75 Å². The van der Waals surface area contributed by atoms with E-state index in [1.54, 1.807) is 11.8 Å². The van der Waals surface area contributed by atoms with Gasteiger partial charge in [0.25, 0.3) is 5.91 Å². The van der Waals surface area contributed by atoms with Gasteiger partial charge in [0.15, 0.2) is 6.10 Å². The maximum absolute atomic E-state index is 12.4. The molecule has 0 spiro atoms. The highest BCUT2D eigenvalue weighted by atomic mass is 16.5. The molecule has 1 aliphatic rings. The summed E-state index contributed by atoms with van der Waals surface area (Å²) in [5.41, 5.74) is 1.68. The number of carbonyl (C=O) groups is 3. The van der Waals surface area contributed by atoms with E-state index in [-0.39, 0.29) is 31.2 Å². The Morgan fingerprint density at radius 2 is 2.08 bits per heavy atom. The van der Waals surface area contributed by atoms with E-state index in [1.165, 1.54) is 0 Å². The van der Waals surface area contributed by atoms with E-state index in [4.69, 9.17) is 9.84 Å². The highest BCUT2D eigenvalue weighted by Crippen LogP contribution is 2.34. The van der Waals surface area contributed by atoms with Crippen molar-refractivity contribution < 1.29 is 24.2 Å². The number of hydrogen-bond acceptors (Lipinski definition) is 4. The van der Waals surface area contributed by atoms with Crippen LogP contribution in [0.2, 0.25) is 0 Å². The topological polar surface area (TPSA) is 95.9 Å². The minimum absolute atomic E-state index is 0.0202. The first-order chi connectivity index (χ1) is 11.4. The third kappa shape index (κ3) is 4.47. The van der Waals surface area contributed by atoms with Crippen LogP contribution in [0.3, 0.4) is 0 Å². The van der Waals surface area contributed by atoms with E-state index in [0.29, 0.717) is 24.4 Å². The van der Waals surface area contributed by atoms with Crippen LogP contribution in [0.15, 0.2) is 18.2 Å². The van der Waals surface area contributed by atoms with Crippen LogP contribution in [0.5, 0.6) is 5.75 Å². The highest BCUT2D eigenvalue weighted by molar-refractivity contribution is 6.00. The minimum atomic E-state index is -0.885. The predicted molar refractivity (Wildman–Crippen MR) is 88.1 cm³/mol. The molecule has 1 heterocycles. The van der Waals surface area contributed by atoms with Crippen molar-refractivity contribution in [3.63, 3.8) is 0 Å². The number of aliphatic carboxylic acids is 1. The summed E-state index contributed by atoms with van der Waals surface area (Å²) in [7, 11) is 0. The van der Waals surface area contributed by atoms with E-state index in [9.17, 15) is 14.4 Å². The molecule has 1 atom stereocenters. The molecular weight excluding hydrogens is 312 g/mol. The lowest BCUT2D eigenvalue weighted by atomic mass is 10.1. The Labute approximate surface area is 140 Å². The van der Waals surface area contributed by atoms with Gasteiger partial charge in [-0.3, -0.25) is 14.4 Å². The summed E-state index contributed by atoms with van der Waals surface area (Å²) < 4.78 is 5.59. The van der Waals surface area contributed by atoms with Crippen molar-refractivity contribution in [2.24, 2.45) is 0 Å². The summed E-state index contributed by atoms with van der Waals surface area (Å²) in [6.45, 7) is 4.18. The monoisotopic (exact) mass is 334 g/mol. The molecule has 130 valence electrons. The van der Waals surface area contributed by atoms with Crippen molar-refractivity contribution in [1.29, 1.82) is 0 Å².